The molecule has 0 spiro atoms. The van der Waals surface area contributed by atoms with Gasteiger partial charge in [-0.1, -0.05) is 18.2 Å². The molecule has 90 valence electrons. The van der Waals surface area contributed by atoms with Gasteiger partial charge in [-0.2, -0.15) is 0 Å². The summed E-state index contributed by atoms with van der Waals surface area (Å²) < 4.78 is 5.35. The Bertz CT molecular complexity index is 643. The van der Waals surface area contributed by atoms with E-state index >= 15 is 0 Å². The van der Waals surface area contributed by atoms with Crippen molar-refractivity contribution in [3.8, 4) is 27.7 Å². The number of methoxy groups -OCH3 is 1. The fourth-order valence-electron chi connectivity index (χ4n) is 1.86. The second-order valence-electron chi connectivity index (χ2n) is 3.82. The number of aromatic amines is 1. The predicted octanol–water partition coefficient (Wildman–Crippen LogP) is 3.81. The first-order valence-corrected chi connectivity index (χ1v) is 6.49. The number of hydrogen-bond donors (Lipinski definition) is 1. The third kappa shape index (κ3) is 1.91. The Morgan fingerprint density at radius 1 is 1.17 bits per heavy atom. The summed E-state index contributed by atoms with van der Waals surface area (Å²) in [7, 11) is 1.68. The van der Waals surface area contributed by atoms with Crippen LogP contribution in [-0.4, -0.2) is 17.1 Å². The van der Waals surface area contributed by atoms with E-state index in [1.54, 1.807) is 18.4 Å². The van der Waals surface area contributed by atoms with Gasteiger partial charge in [0.1, 0.15) is 11.6 Å². The topological polar surface area (TPSA) is 37.9 Å². The molecule has 3 rings (SSSR count). The molecule has 0 atom stereocenters. The van der Waals surface area contributed by atoms with Crippen LogP contribution in [0.25, 0.3) is 22.0 Å². The molecule has 0 aliphatic rings. The summed E-state index contributed by atoms with van der Waals surface area (Å²) in [6.45, 7) is 0. The average Bonchev–Trinajstić information content (AvgIpc) is 3.09. The summed E-state index contributed by atoms with van der Waals surface area (Å²) in [4.78, 5) is 8.87. The first-order chi connectivity index (χ1) is 8.88. The van der Waals surface area contributed by atoms with E-state index in [4.69, 9.17) is 4.74 Å². The lowest BCUT2D eigenvalue weighted by atomic mass is 10.1. The number of imidazole rings is 1. The fraction of sp³-hybridized carbons (Fsp3) is 0.0714. The van der Waals surface area contributed by atoms with Crippen LogP contribution in [0.1, 0.15) is 0 Å². The molecule has 0 fully saturated rings. The van der Waals surface area contributed by atoms with Crippen molar-refractivity contribution in [2.75, 3.05) is 7.11 Å². The van der Waals surface area contributed by atoms with Crippen LogP contribution in [0.15, 0.2) is 48.0 Å². The van der Waals surface area contributed by atoms with Gasteiger partial charge in [0.25, 0.3) is 0 Å². The van der Waals surface area contributed by atoms with Crippen LogP contribution in [0.5, 0.6) is 5.75 Å². The standard InChI is InChI=1S/C14H12N2OS/c1-17-12-6-3-2-5-10(12)11-9-15-14(16-11)13-7-4-8-18-13/h2-9H,1H3,(H,15,16). The van der Waals surface area contributed by atoms with Crippen molar-refractivity contribution in [1.82, 2.24) is 9.97 Å². The highest BCUT2D eigenvalue weighted by Gasteiger charge is 2.09. The number of hydrogen-bond acceptors (Lipinski definition) is 3. The number of aromatic nitrogens is 2. The van der Waals surface area contributed by atoms with Crippen molar-refractivity contribution in [2.24, 2.45) is 0 Å². The maximum Gasteiger partial charge on any atom is 0.147 e. The Morgan fingerprint density at radius 3 is 2.83 bits per heavy atom. The lowest BCUT2D eigenvalue weighted by Gasteiger charge is -2.05. The van der Waals surface area contributed by atoms with Gasteiger partial charge < -0.3 is 9.72 Å². The first kappa shape index (κ1) is 11.0. The first-order valence-electron chi connectivity index (χ1n) is 5.61. The van der Waals surface area contributed by atoms with Crippen molar-refractivity contribution in [2.45, 2.75) is 0 Å². The third-order valence-electron chi connectivity index (χ3n) is 2.73. The predicted molar refractivity (Wildman–Crippen MR) is 73.9 cm³/mol. The molecule has 0 bridgehead atoms. The van der Waals surface area contributed by atoms with E-state index < -0.39 is 0 Å². The molecule has 3 aromatic rings. The molecule has 4 heteroatoms. The molecule has 0 amide bonds. The molecule has 2 aromatic heterocycles. The van der Waals surface area contributed by atoms with E-state index in [-0.39, 0.29) is 0 Å². The highest BCUT2D eigenvalue weighted by atomic mass is 32.1. The largest absolute Gasteiger partial charge is 0.496 e. The number of benzene rings is 1. The van der Waals surface area contributed by atoms with Gasteiger partial charge in [-0.15, -0.1) is 11.3 Å². The SMILES string of the molecule is COc1ccccc1-c1cnc(-c2cccs2)[nH]1. The molecular formula is C14H12N2OS. The molecule has 1 aromatic carbocycles. The minimum atomic E-state index is 0.846. The molecule has 0 aliphatic heterocycles. The van der Waals surface area contributed by atoms with Crippen molar-refractivity contribution in [3.05, 3.63) is 48.0 Å². The van der Waals surface area contributed by atoms with Gasteiger partial charge in [-0.3, -0.25) is 0 Å². The van der Waals surface area contributed by atoms with Crippen molar-refractivity contribution in [3.63, 3.8) is 0 Å². The average molecular weight is 256 g/mol. The highest BCUT2D eigenvalue weighted by Crippen LogP contribution is 2.30. The van der Waals surface area contributed by atoms with Gasteiger partial charge in [0.05, 0.1) is 23.9 Å². The summed E-state index contributed by atoms with van der Waals surface area (Å²) in [6, 6.07) is 12.0. The maximum atomic E-state index is 5.35. The molecule has 0 saturated heterocycles. The quantitative estimate of drug-likeness (QED) is 0.773. The van der Waals surface area contributed by atoms with Crippen LogP contribution in [-0.2, 0) is 0 Å². The second-order valence-corrected chi connectivity index (χ2v) is 4.77. The molecule has 0 unspecified atom stereocenters. The zero-order valence-corrected chi connectivity index (χ0v) is 10.7. The van der Waals surface area contributed by atoms with E-state index in [0.717, 1.165) is 27.7 Å². The van der Waals surface area contributed by atoms with Gasteiger partial charge in [0, 0.05) is 5.56 Å². The summed E-state index contributed by atoms with van der Waals surface area (Å²) in [6.07, 6.45) is 1.84. The monoisotopic (exact) mass is 256 g/mol. The molecule has 1 N–H and O–H groups in total. The number of thiophene rings is 1. The van der Waals surface area contributed by atoms with E-state index in [9.17, 15) is 0 Å². The van der Waals surface area contributed by atoms with Crippen LogP contribution in [0.2, 0.25) is 0 Å². The number of ether oxygens (including phenoxy) is 1. The Hall–Kier alpha value is -2.07. The van der Waals surface area contributed by atoms with E-state index in [1.807, 2.05) is 41.9 Å². The summed E-state index contributed by atoms with van der Waals surface area (Å²) in [5, 5.41) is 2.04. The summed E-state index contributed by atoms with van der Waals surface area (Å²) in [5.41, 5.74) is 1.99. The minimum Gasteiger partial charge on any atom is -0.496 e. The van der Waals surface area contributed by atoms with E-state index in [0.29, 0.717) is 0 Å². The molecule has 0 saturated carbocycles. The molecule has 2 heterocycles. The van der Waals surface area contributed by atoms with Crippen LogP contribution in [0.3, 0.4) is 0 Å². The number of nitrogens with zero attached hydrogens (tertiary/aromatic N) is 1. The molecule has 0 radical (unpaired) electrons. The zero-order valence-electron chi connectivity index (χ0n) is 9.88. The Morgan fingerprint density at radius 2 is 2.06 bits per heavy atom. The van der Waals surface area contributed by atoms with Crippen molar-refractivity contribution >= 4 is 11.3 Å². The number of nitrogens with one attached hydrogen (secondary N) is 1. The third-order valence-corrected chi connectivity index (χ3v) is 3.60. The van der Waals surface area contributed by atoms with E-state index in [2.05, 4.69) is 16.0 Å². The Labute approximate surface area is 109 Å². The van der Waals surface area contributed by atoms with Gasteiger partial charge in [-0.05, 0) is 23.6 Å². The van der Waals surface area contributed by atoms with Crippen LogP contribution in [0.4, 0.5) is 0 Å². The smallest absolute Gasteiger partial charge is 0.147 e. The molecule has 18 heavy (non-hydrogen) atoms. The van der Waals surface area contributed by atoms with Gasteiger partial charge >= 0.3 is 0 Å². The summed E-state index contributed by atoms with van der Waals surface area (Å²) in [5.74, 6) is 1.74. The molecule has 3 nitrogen and oxygen atoms in total. The number of rotatable bonds is 3. The number of H-pyrrole nitrogens is 1. The Balaban J connectivity index is 2.03. The lowest BCUT2D eigenvalue weighted by Crippen LogP contribution is -1.87. The molecular weight excluding hydrogens is 244 g/mol. The summed E-state index contributed by atoms with van der Waals surface area (Å²) >= 11 is 1.67. The highest BCUT2D eigenvalue weighted by molar-refractivity contribution is 7.13. The van der Waals surface area contributed by atoms with Gasteiger partial charge in [-0.25, -0.2) is 4.98 Å². The van der Waals surface area contributed by atoms with Crippen LogP contribution in [0, 0.1) is 0 Å². The fourth-order valence-corrected chi connectivity index (χ4v) is 2.54. The number of para-hydroxylation sites is 1. The maximum absolute atomic E-state index is 5.35. The van der Waals surface area contributed by atoms with Gasteiger partial charge in [0.15, 0.2) is 0 Å². The normalized spacial score (nSPS) is 10.5. The van der Waals surface area contributed by atoms with Crippen LogP contribution >= 0.6 is 11.3 Å². The second kappa shape index (κ2) is 4.66. The van der Waals surface area contributed by atoms with Crippen LogP contribution < -0.4 is 4.74 Å². The Kier molecular flexibility index (Phi) is 2.86. The molecule has 0 aliphatic carbocycles. The lowest BCUT2D eigenvalue weighted by molar-refractivity contribution is 0.416. The zero-order chi connectivity index (χ0) is 12.4. The van der Waals surface area contributed by atoms with Crippen molar-refractivity contribution in [1.29, 1.82) is 0 Å². The van der Waals surface area contributed by atoms with Gasteiger partial charge in [0.2, 0.25) is 0 Å². The van der Waals surface area contributed by atoms with Crippen molar-refractivity contribution < 1.29 is 4.74 Å². The van der Waals surface area contributed by atoms with E-state index in [1.165, 1.54) is 0 Å². The minimum absolute atomic E-state index is 0.846.